The van der Waals surface area contributed by atoms with Crippen LogP contribution in [0.4, 0.5) is 5.69 Å². The molecule has 2 aliphatic heterocycles. The van der Waals surface area contributed by atoms with Gasteiger partial charge in [-0.05, 0) is 37.5 Å². The molecule has 3 rings (SSSR count). The van der Waals surface area contributed by atoms with Gasteiger partial charge in [-0.25, -0.2) is 4.79 Å². The van der Waals surface area contributed by atoms with Gasteiger partial charge in [-0.1, -0.05) is 6.07 Å². The maximum absolute atomic E-state index is 13.1. The van der Waals surface area contributed by atoms with Crippen molar-refractivity contribution >= 4 is 23.6 Å². The van der Waals surface area contributed by atoms with Crippen LogP contribution in [0.5, 0.6) is 5.75 Å². The summed E-state index contributed by atoms with van der Waals surface area (Å²) in [5.74, 6) is -0.897. The average molecular weight is 402 g/mol. The van der Waals surface area contributed by atoms with E-state index in [1.807, 2.05) is 0 Å². The third-order valence-corrected chi connectivity index (χ3v) is 5.02. The predicted octanol–water partition coefficient (Wildman–Crippen LogP) is 2.46. The zero-order valence-corrected chi connectivity index (χ0v) is 16.5. The van der Waals surface area contributed by atoms with Crippen LogP contribution in [0.25, 0.3) is 6.08 Å². The van der Waals surface area contributed by atoms with Gasteiger partial charge in [0.1, 0.15) is 0 Å². The van der Waals surface area contributed by atoms with Gasteiger partial charge in [0.05, 0.1) is 42.9 Å². The van der Waals surface area contributed by atoms with Gasteiger partial charge in [0.2, 0.25) is 0 Å². The molecule has 1 fully saturated rings. The van der Waals surface area contributed by atoms with Crippen LogP contribution in [-0.2, 0) is 19.1 Å². The second-order valence-corrected chi connectivity index (χ2v) is 6.75. The molecule has 0 aliphatic carbocycles. The first-order valence-electron chi connectivity index (χ1n) is 9.14. The minimum Gasteiger partial charge on any atom is -0.490 e. The summed E-state index contributed by atoms with van der Waals surface area (Å²) in [4.78, 5) is 37.7. The monoisotopic (exact) mass is 402 g/mol. The van der Waals surface area contributed by atoms with E-state index in [2.05, 4.69) is 0 Å². The third kappa shape index (κ3) is 4.00. The van der Waals surface area contributed by atoms with Gasteiger partial charge in [0.15, 0.2) is 5.75 Å². The highest BCUT2D eigenvalue weighted by Gasteiger charge is 2.38. The molecule has 0 spiro atoms. The summed E-state index contributed by atoms with van der Waals surface area (Å²) < 4.78 is 15.5. The largest absolute Gasteiger partial charge is 0.490 e. The second kappa shape index (κ2) is 8.44. The number of nitro groups is 1. The van der Waals surface area contributed by atoms with Crippen molar-refractivity contribution < 1.29 is 28.7 Å². The van der Waals surface area contributed by atoms with Crippen molar-refractivity contribution in [2.24, 2.45) is 0 Å². The number of ether oxygens (including phenoxy) is 3. The molecule has 2 aliphatic rings. The number of amides is 1. The Morgan fingerprint density at radius 3 is 2.76 bits per heavy atom. The summed E-state index contributed by atoms with van der Waals surface area (Å²) in [6.45, 7) is 2.67. The molecule has 9 heteroatoms. The molecule has 1 amide bonds. The average Bonchev–Trinajstić information content (AvgIpc) is 3.30. The van der Waals surface area contributed by atoms with Crippen LogP contribution in [0.2, 0.25) is 0 Å². The lowest BCUT2D eigenvalue weighted by molar-refractivity contribution is -0.385. The zero-order chi connectivity index (χ0) is 21.1. The molecule has 0 unspecified atom stereocenters. The quantitative estimate of drug-likeness (QED) is 0.311. The molecule has 29 heavy (non-hydrogen) atoms. The molecule has 0 bridgehead atoms. The van der Waals surface area contributed by atoms with E-state index < -0.39 is 10.9 Å². The second-order valence-electron chi connectivity index (χ2n) is 6.75. The molecule has 9 nitrogen and oxygen atoms in total. The molecule has 1 saturated heterocycles. The molecule has 154 valence electrons. The standard InChI is InChI=1S/C20H22N2O7/c1-12-18(20(24)28-3)15(19(23)21(12)11-14-5-4-8-29-14)9-13-6-7-17(27-2)16(10-13)22(25)26/h6-7,9-10,14H,4-5,8,11H2,1-3H3/b15-9-/t14-/m1/s1. The predicted molar refractivity (Wildman–Crippen MR) is 103 cm³/mol. The van der Waals surface area contributed by atoms with E-state index in [0.29, 0.717) is 24.4 Å². The summed E-state index contributed by atoms with van der Waals surface area (Å²) in [6.07, 6.45) is 3.14. The number of allylic oxidation sites excluding steroid dienone is 1. The molecule has 1 aromatic carbocycles. The molecule has 1 atom stereocenters. The third-order valence-electron chi connectivity index (χ3n) is 5.02. The minimum absolute atomic E-state index is 0.0887. The first kappa shape index (κ1) is 20.5. The molecule has 0 N–H and O–H groups in total. The highest BCUT2D eigenvalue weighted by Crippen LogP contribution is 2.34. The van der Waals surface area contributed by atoms with Gasteiger partial charge >= 0.3 is 11.7 Å². The lowest BCUT2D eigenvalue weighted by Crippen LogP contribution is -2.33. The van der Waals surface area contributed by atoms with Crippen LogP contribution < -0.4 is 4.74 Å². The van der Waals surface area contributed by atoms with Gasteiger partial charge in [-0.3, -0.25) is 14.9 Å². The lowest BCUT2D eigenvalue weighted by Gasteiger charge is -2.21. The van der Waals surface area contributed by atoms with Crippen molar-refractivity contribution in [2.45, 2.75) is 25.9 Å². The highest BCUT2D eigenvalue weighted by atomic mass is 16.6. The minimum atomic E-state index is -0.639. The SMILES string of the molecule is COC(=O)C1=C(C)N(C[C@H]2CCCO2)C(=O)/C1=C\c1ccc(OC)c([N+](=O)[O-])c1. The Labute approximate surface area is 167 Å². The van der Waals surface area contributed by atoms with Crippen molar-refractivity contribution in [3.63, 3.8) is 0 Å². The summed E-state index contributed by atoms with van der Waals surface area (Å²) in [5.41, 5.74) is 0.922. The van der Waals surface area contributed by atoms with Gasteiger partial charge in [0, 0.05) is 18.4 Å². The van der Waals surface area contributed by atoms with Gasteiger partial charge in [0.25, 0.3) is 5.91 Å². The molecule has 1 aromatic rings. The topological polar surface area (TPSA) is 108 Å². The Hall–Kier alpha value is -3.20. The van der Waals surface area contributed by atoms with E-state index in [1.165, 1.54) is 37.3 Å². The fourth-order valence-electron chi connectivity index (χ4n) is 3.55. The first-order valence-corrected chi connectivity index (χ1v) is 9.14. The maximum atomic E-state index is 13.1. The van der Waals surface area contributed by atoms with Crippen LogP contribution in [-0.4, -0.2) is 55.2 Å². The van der Waals surface area contributed by atoms with Gasteiger partial charge in [-0.2, -0.15) is 0 Å². The number of hydrogen-bond acceptors (Lipinski definition) is 7. The van der Waals surface area contributed by atoms with Crippen LogP contribution >= 0.6 is 0 Å². The van der Waals surface area contributed by atoms with E-state index >= 15 is 0 Å². The van der Waals surface area contributed by atoms with Crippen molar-refractivity contribution in [3.05, 3.63) is 50.7 Å². The fraction of sp³-hybridized carbons (Fsp3) is 0.400. The Kier molecular flexibility index (Phi) is 5.97. The van der Waals surface area contributed by atoms with Crippen LogP contribution in [0.1, 0.15) is 25.3 Å². The van der Waals surface area contributed by atoms with Gasteiger partial charge in [-0.15, -0.1) is 0 Å². The van der Waals surface area contributed by atoms with Crippen molar-refractivity contribution in [2.75, 3.05) is 27.4 Å². The first-order chi connectivity index (χ1) is 13.9. The Morgan fingerprint density at radius 2 is 2.17 bits per heavy atom. The van der Waals surface area contributed by atoms with Gasteiger partial charge < -0.3 is 19.1 Å². The number of benzene rings is 1. The summed E-state index contributed by atoms with van der Waals surface area (Å²) in [7, 11) is 2.58. The van der Waals surface area contributed by atoms with Crippen LogP contribution in [0.3, 0.4) is 0 Å². The number of carbonyl (C=O) groups excluding carboxylic acids is 2. The smallest absolute Gasteiger partial charge is 0.340 e. The number of nitrogens with zero attached hydrogens (tertiary/aromatic N) is 2. The fourth-order valence-corrected chi connectivity index (χ4v) is 3.55. The number of nitro benzene ring substituents is 1. The van der Waals surface area contributed by atoms with E-state index in [-0.39, 0.29) is 34.6 Å². The normalized spacial score (nSPS) is 20.5. The molecule has 0 radical (unpaired) electrons. The van der Waals surface area contributed by atoms with E-state index in [4.69, 9.17) is 14.2 Å². The summed E-state index contributed by atoms with van der Waals surface area (Å²) >= 11 is 0. The van der Waals surface area contributed by atoms with Crippen LogP contribution in [0, 0.1) is 10.1 Å². The van der Waals surface area contributed by atoms with E-state index in [0.717, 1.165) is 12.8 Å². The number of methoxy groups -OCH3 is 2. The lowest BCUT2D eigenvalue weighted by atomic mass is 10.0. The van der Waals surface area contributed by atoms with Crippen LogP contribution in [0.15, 0.2) is 35.0 Å². The Morgan fingerprint density at radius 1 is 1.41 bits per heavy atom. The van der Waals surface area contributed by atoms with Crippen molar-refractivity contribution in [1.29, 1.82) is 0 Å². The Bertz CT molecular complexity index is 913. The molecule has 0 aromatic heterocycles. The van der Waals surface area contributed by atoms with E-state index in [9.17, 15) is 19.7 Å². The molecule has 2 heterocycles. The molecular weight excluding hydrogens is 380 g/mol. The number of hydrogen-bond donors (Lipinski definition) is 0. The van der Waals surface area contributed by atoms with Crippen molar-refractivity contribution in [3.8, 4) is 5.75 Å². The number of rotatable bonds is 6. The maximum Gasteiger partial charge on any atom is 0.340 e. The molecular formula is C20H22N2O7. The Balaban J connectivity index is 2.02. The summed E-state index contributed by atoms with van der Waals surface area (Å²) in [5, 5.41) is 11.3. The highest BCUT2D eigenvalue weighted by molar-refractivity contribution is 6.16. The van der Waals surface area contributed by atoms with E-state index in [1.54, 1.807) is 13.0 Å². The zero-order valence-electron chi connectivity index (χ0n) is 16.5. The van der Waals surface area contributed by atoms with Crippen molar-refractivity contribution in [1.82, 2.24) is 4.90 Å². The summed E-state index contributed by atoms with van der Waals surface area (Å²) in [6, 6.07) is 4.33. The molecule has 0 saturated carbocycles. The number of esters is 1. The number of carbonyl (C=O) groups is 2.